The van der Waals surface area contributed by atoms with Gasteiger partial charge in [-0.15, -0.1) is 0 Å². The van der Waals surface area contributed by atoms with Crippen molar-refractivity contribution in [1.29, 1.82) is 0 Å². The summed E-state index contributed by atoms with van der Waals surface area (Å²) in [5.41, 5.74) is 4.20. The second-order valence-corrected chi connectivity index (χ2v) is 7.61. The summed E-state index contributed by atoms with van der Waals surface area (Å²) in [6.45, 7) is 2.57. The summed E-state index contributed by atoms with van der Waals surface area (Å²) < 4.78 is 12.0. The van der Waals surface area contributed by atoms with Crippen LogP contribution in [0.5, 0.6) is 5.75 Å². The first-order valence-electron chi connectivity index (χ1n) is 9.14. The van der Waals surface area contributed by atoms with Gasteiger partial charge in [-0.3, -0.25) is 0 Å². The maximum Gasteiger partial charge on any atom is 0.363 e. The molecule has 1 heterocycles. The van der Waals surface area contributed by atoms with Crippen molar-refractivity contribution in [1.82, 2.24) is 0 Å². The fourth-order valence-corrected chi connectivity index (χ4v) is 3.22. The molecule has 0 aliphatic carbocycles. The molecular weight excluding hydrogens is 430 g/mol. The summed E-state index contributed by atoms with van der Waals surface area (Å²) in [4.78, 5) is 16.5. The fourth-order valence-electron chi connectivity index (χ4n) is 2.82. The van der Waals surface area contributed by atoms with Crippen molar-refractivity contribution in [2.75, 3.05) is 0 Å². The fraction of sp³-hybridized carbons (Fsp3) is 0.0833. The number of benzene rings is 3. The SMILES string of the molecule is Cc1ccc(COc2ccc(/C=C3\N=C(c4cccc(Br)c4)OC3=O)cc2)cc1. The number of ether oxygens (including phenoxy) is 2. The number of aryl methyl sites for hydroxylation is 1. The number of nitrogens with zero attached hydrogens (tertiary/aromatic N) is 1. The Hall–Kier alpha value is -3.18. The first-order chi connectivity index (χ1) is 14.1. The monoisotopic (exact) mass is 447 g/mol. The zero-order valence-corrected chi connectivity index (χ0v) is 17.3. The van der Waals surface area contributed by atoms with Crippen LogP contribution in [-0.4, -0.2) is 11.9 Å². The standard InChI is InChI=1S/C24H18BrNO3/c1-16-5-7-18(8-6-16)15-28-21-11-9-17(10-12-21)13-22-24(27)29-23(26-22)19-3-2-4-20(25)14-19/h2-14H,15H2,1H3/b22-13-. The maximum absolute atomic E-state index is 12.2. The first-order valence-corrected chi connectivity index (χ1v) is 9.93. The van der Waals surface area contributed by atoms with E-state index >= 15 is 0 Å². The van der Waals surface area contributed by atoms with E-state index in [0.717, 1.165) is 26.9 Å². The Bertz CT molecular complexity index is 1100. The Labute approximate surface area is 177 Å². The average Bonchev–Trinajstić information content (AvgIpc) is 3.09. The zero-order valence-electron chi connectivity index (χ0n) is 15.8. The van der Waals surface area contributed by atoms with E-state index in [4.69, 9.17) is 9.47 Å². The summed E-state index contributed by atoms with van der Waals surface area (Å²) in [5.74, 6) is 0.611. The van der Waals surface area contributed by atoms with Gasteiger partial charge in [0.25, 0.3) is 0 Å². The second-order valence-electron chi connectivity index (χ2n) is 6.69. The normalized spacial score (nSPS) is 14.6. The molecule has 0 amide bonds. The molecule has 0 saturated carbocycles. The van der Waals surface area contributed by atoms with Gasteiger partial charge in [-0.25, -0.2) is 9.79 Å². The van der Waals surface area contributed by atoms with Crippen LogP contribution in [0.3, 0.4) is 0 Å². The van der Waals surface area contributed by atoms with E-state index in [-0.39, 0.29) is 5.70 Å². The topological polar surface area (TPSA) is 47.9 Å². The van der Waals surface area contributed by atoms with Crippen LogP contribution in [0.4, 0.5) is 0 Å². The number of hydrogen-bond donors (Lipinski definition) is 0. The Morgan fingerprint density at radius 2 is 1.79 bits per heavy atom. The number of aliphatic imine (C=N–C) groups is 1. The van der Waals surface area contributed by atoms with E-state index in [0.29, 0.717) is 12.5 Å². The van der Waals surface area contributed by atoms with Gasteiger partial charge in [-0.1, -0.05) is 64.0 Å². The van der Waals surface area contributed by atoms with Crippen LogP contribution in [0.2, 0.25) is 0 Å². The molecule has 3 aromatic rings. The van der Waals surface area contributed by atoms with Crippen LogP contribution in [0.25, 0.3) is 6.08 Å². The molecule has 0 saturated heterocycles. The zero-order chi connectivity index (χ0) is 20.2. The molecule has 0 radical (unpaired) electrons. The van der Waals surface area contributed by atoms with Gasteiger partial charge in [0, 0.05) is 10.0 Å². The highest BCUT2D eigenvalue weighted by Gasteiger charge is 2.24. The Balaban J connectivity index is 1.45. The lowest BCUT2D eigenvalue weighted by molar-refractivity contribution is -0.129. The highest BCUT2D eigenvalue weighted by atomic mass is 79.9. The predicted molar refractivity (Wildman–Crippen MR) is 117 cm³/mol. The molecule has 0 atom stereocenters. The van der Waals surface area contributed by atoms with Gasteiger partial charge in [0.05, 0.1) is 0 Å². The minimum absolute atomic E-state index is 0.272. The lowest BCUT2D eigenvalue weighted by Gasteiger charge is -2.07. The molecule has 0 N–H and O–H groups in total. The van der Waals surface area contributed by atoms with Crippen molar-refractivity contribution in [2.24, 2.45) is 4.99 Å². The third-order valence-corrected chi connectivity index (χ3v) is 4.89. The minimum atomic E-state index is -0.459. The number of esters is 1. The van der Waals surface area contributed by atoms with Crippen molar-refractivity contribution < 1.29 is 14.3 Å². The smallest absolute Gasteiger partial charge is 0.363 e. The van der Waals surface area contributed by atoms with Crippen molar-refractivity contribution in [3.63, 3.8) is 0 Å². The van der Waals surface area contributed by atoms with Crippen LogP contribution >= 0.6 is 15.9 Å². The van der Waals surface area contributed by atoms with E-state index in [9.17, 15) is 4.79 Å². The first kappa shape index (κ1) is 19.2. The molecule has 4 nitrogen and oxygen atoms in total. The van der Waals surface area contributed by atoms with Gasteiger partial charge in [0.2, 0.25) is 5.90 Å². The summed E-state index contributed by atoms with van der Waals surface area (Å²) in [6, 6.07) is 23.2. The highest BCUT2D eigenvalue weighted by molar-refractivity contribution is 9.10. The molecule has 144 valence electrons. The number of halogens is 1. The molecule has 0 unspecified atom stereocenters. The number of hydrogen-bond acceptors (Lipinski definition) is 4. The number of carbonyl (C=O) groups excluding carboxylic acids is 1. The maximum atomic E-state index is 12.2. The number of rotatable bonds is 5. The third kappa shape index (κ3) is 4.81. The van der Waals surface area contributed by atoms with Crippen LogP contribution in [0.1, 0.15) is 22.3 Å². The van der Waals surface area contributed by atoms with E-state index < -0.39 is 5.97 Å². The second kappa shape index (κ2) is 8.45. The van der Waals surface area contributed by atoms with E-state index in [1.165, 1.54) is 5.56 Å². The van der Waals surface area contributed by atoms with Crippen molar-refractivity contribution in [2.45, 2.75) is 13.5 Å². The molecule has 3 aromatic carbocycles. The number of carbonyl (C=O) groups is 1. The van der Waals surface area contributed by atoms with Gasteiger partial charge < -0.3 is 9.47 Å². The van der Waals surface area contributed by atoms with Gasteiger partial charge in [-0.2, -0.15) is 0 Å². The van der Waals surface area contributed by atoms with E-state index in [1.54, 1.807) is 6.08 Å². The molecule has 0 fully saturated rings. The lowest BCUT2D eigenvalue weighted by Crippen LogP contribution is -2.05. The van der Waals surface area contributed by atoms with Gasteiger partial charge >= 0.3 is 5.97 Å². The molecule has 5 heteroatoms. The molecule has 4 rings (SSSR count). The van der Waals surface area contributed by atoms with Gasteiger partial charge in [0.15, 0.2) is 5.70 Å². The highest BCUT2D eigenvalue weighted by Crippen LogP contribution is 2.22. The largest absolute Gasteiger partial charge is 0.489 e. The summed E-state index contributed by atoms with van der Waals surface area (Å²) in [6.07, 6.45) is 1.71. The van der Waals surface area contributed by atoms with E-state index in [2.05, 4.69) is 52.1 Å². The van der Waals surface area contributed by atoms with Crippen LogP contribution < -0.4 is 4.74 Å². The summed E-state index contributed by atoms with van der Waals surface area (Å²) in [5, 5.41) is 0. The molecule has 1 aliphatic rings. The van der Waals surface area contributed by atoms with Crippen molar-refractivity contribution in [3.05, 3.63) is 105 Å². The van der Waals surface area contributed by atoms with Gasteiger partial charge in [0.1, 0.15) is 12.4 Å². The summed E-state index contributed by atoms with van der Waals surface area (Å²) >= 11 is 3.41. The minimum Gasteiger partial charge on any atom is -0.489 e. The quantitative estimate of drug-likeness (QED) is 0.373. The molecule has 0 bridgehead atoms. The molecule has 1 aliphatic heterocycles. The third-order valence-electron chi connectivity index (χ3n) is 4.40. The lowest BCUT2D eigenvalue weighted by atomic mass is 10.1. The Morgan fingerprint density at radius 3 is 2.52 bits per heavy atom. The number of cyclic esters (lactones) is 1. The molecule has 29 heavy (non-hydrogen) atoms. The summed E-state index contributed by atoms with van der Waals surface area (Å²) in [7, 11) is 0. The predicted octanol–water partition coefficient (Wildman–Crippen LogP) is 5.68. The van der Waals surface area contributed by atoms with Crippen molar-refractivity contribution >= 4 is 33.9 Å². The van der Waals surface area contributed by atoms with Crippen molar-refractivity contribution in [3.8, 4) is 5.75 Å². The van der Waals surface area contributed by atoms with Crippen LogP contribution in [-0.2, 0) is 16.1 Å². The molecular formula is C24H18BrNO3. The average molecular weight is 448 g/mol. The van der Waals surface area contributed by atoms with Gasteiger partial charge in [-0.05, 0) is 54.5 Å². The Kier molecular flexibility index (Phi) is 5.58. The van der Waals surface area contributed by atoms with Crippen LogP contribution in [0, 0.1) is 6.92 Å². The van der Waals surface area contributed by atoms with E-state index in [1.807, 2.05) is 48.5 Å². The molecule has 0 spiro atoms. The van der Waals surface area contributed by atoms with Crippen LogP contribution in [0.15, 0.2) is 88.0 Å². The molecule has 0 aromatic heterocycles. The Morgan fingerprint density at radius 1 is 1.03 bits per heavy atom.